The van der Waals surface area contributed by atoms with E-state index in [1.807, 2.05) is 11.4 Å². The summed E-state index contributed by atoms with van der Waals surface area (Å²) in [4.78, 5) is 4.26. The molecule has 0 saturated carbocycles. The van der Waals surface area contributed by atoms with E-state index in [-0.39, 0.29) is 0 Å². The van der Waals surface area contributed by atoms with E-state index < -0.39 is 0 Å². The summed E-state index contributed by atoms with van der Waals surface area (Å²) in [5.74, 6) is 0.943. The zero-order valence-corrected chi connectivity index (χ0v) is 10.9. The molecule has 0 fully saturated rings. The molecule has 1 aromatic carbocycles. The molecule has 0 aliphatic heterocycles. The third-order valence-corrected chi connectivity index (χ3v) is 3.38. The van der Waals surface area contributed by atoms with Gasteiger partial charge < -0.3 is 10.5 Å². The molecule has 2 aromatic rings. The molecule has 1 heterocycles. The van der Waals surface area contributed by atoms with Crippen LogP contribution in [0, 0.1) is 6.92 Å². The Morgan fingerprint density at radius 1 is 1.35 bits per heavy atom. The van der Waals surface area contributed by atoms with Crippen molar-refractivity contribution in [2.45, 2.75) is 19.8 Å². The molecule has 0 amide bonds. The Kier molecular flexibility index (Phi) is 3.64. The maximum atomic E-state index is 5.61. The summed E-state index contributed by atoms with van der Waals surface area (Å²) in [5, 5.41) is 2.65. The van der Waals surface area contributed by atoms with Gasteiger partial charge in [-0.2, -0.15) is 0 Å². The van der Waals surface area contributed by atoms with E-state index in [4.69, 9.17) is 10.5 Å². The summed E-state index contributed by atoms with van der Waals surface area (Å²) in [7, 11) is 1.70. The number of hydrogen-bond donors (Lipinski definition) is 1. The summed E-state index contributed by atoms with van der Waals surface area (Å²) in [6, 6.07) is 6.23. The first kappa shape index (κ1) is 11.9. The molecule has 0 aliphatic rings. The van der Waals surface area contributed by atoms with Crippen molar-refractivity contribution < 1.29 is 4.74 Å². The third-order valence-electron chi connectivity index (χ3n) is 2.66. The summed E-state index contributed by atoms with van der Waals surface area (Å²) in [6.07, 6.45) is 1.82. The first-order valence-electron chi connectivity index (χ1n) is 5.52. The summed E-state index contributed by atoms with van der Waals surface area (Å²) < 4.78 is 5.35. The van der Waals surface area contributed by atoms with Gasteiger partial charge in [0.25, 0.3) is 0 Å². The quantitative estimate of drug-likeness (QED) is 0.905. The number of rotatable bonds is 4. The van der Waals surface area contributed by atoms with Gasteiger partial charge in [-0.1, -0.05) is 17.7 Å². The van der Waals surface area contributed by atoms with Crippen LogP contribution in [-0.2, 0) is 12.8 Å². The molecular weight excluding hydrogens is 232 g/mol. The van der Waals surface area contributed by atoms with Gasteiger partial charge in [0.15, 0.2) is 5.13 Å². The lowest BCUT2D eigenvalue weighted by atomic mass is 10.0. The molecule has 0 bridgehead atoms. The predicted molar refractivity (Wildman–Crippen MR) is 71.7 cm³/mol. The maximum absolute atomic E-state index is 5.61. The lowest BCUT2D eigenvalue weighted by Crippen LogP contribution is -1.97. The molecule has 17 heavy (non-hydrogen) atoms. The number of benzene rings is 1. The number of nitrogens with two attached hydrogens (primary N) is 1. The Labute approximate surface area is 105 Å². The molecule has 0 radical (unpaired) electrons. The van der Waals surface area contributed by atoms with Gasteiger partial charge in [0.1, 0.15) is 5.75 Å². The van der Waals surface area contributed by atoms with Crippen molar-refractivity contribution in [2.75, 3.05) is 12.8 Å². The molecule has 0 saturated heterocycles. The minimum Gasteiger partial charge on any atom is -0.496 e. The van der Waals surface area contributed by atoms with Crippen molar-refractivity contribution in [3.05, 3.63) is 40.4 Å². The fourth-order valence-corrected chi connectivity index (χ4v) is 2.40. The minimum atomic E-state index is 0.635. The highest BCUT2D eigenvalue weighted by Crippen LogP contribution is 2.22. The van der Waals surface area contributed by atoms with Crippen LogP contribution in [-0.4, -0.2) is 12.1 Å². The van der Waals surface area contributed by atoms with E-state index in [1.54, 1.807) is 7.11 Å². The molecule has 1 aromatic heterocycles. The smallest absolute Gasteiger partial charge is 0.180 e. The molecule has 3 nitrogen and oxygen atoms in total. The number of anilines is 1. The van der Waals surface area contributed by atoms with E-state index in [9.17, 15) is 0 Å². The van der Waals surface area contributed by atoms with Crippen LogP contribution in [0.1, 0.15) is 16.8 Å². The van der Waals surface area contributed by atoms with Gasteiger partial charge in [0, 0.05) is 5.38 Å². The van der Waals surface area contributed by atoms with Crippen molar-refractivity contribution in [1.82, 2.24) is 4.98 Å². The van der Waals surface area contributed by atoms with Crippen LogP contribution in [0.15, 0.2) is 23.6 Å². The van der Waals surface area contributed by atoms with E-state index in [0.717, 1.165) is 24.3 Å². The van der Waals surface area contributed by atoms with Crippen LogP contribution in [0.25, 0.3) is 0 Å². The minimum absolute atomic E-state index is 0.635. The average molecular weight is 248 g/mol. The molecule has 0 atom stereocenters. The topological polar surface area (TPSA) is 48.1 Å². The van der Waals surface area contributed by atoms with Crippen molar-refractivity contribution in [3.63, 3.8) is 0 Å². The molecular formula is C13H16N2OS. The average Bonchev–Trinajstić information content (AvgIpc) is 2.73. The number of ether oxygens (including phenoxy) is 1. The zero-order valence-electron chi connectivity index (χ0n) is 10.1. The van der Waals surface area contributed by atoms with E-state index >= 15 is 0 Å². The fourth-order valence-electron chi connectivity index (χ4n) is 1.80. The number of aromatic nitrogens is 1. The third kappa shape index (κ3) is 2.97. The standard InChI is InChI=1S/C13H16N2OS/c1-9-3-6-12(16-2)10(7-9)4-5-11-8-17-13(14)15-11/h3,6-8H,4-5H2,1-2H3,(H2,14,15). The number of aryl methyl sites for hydroxylation is 3. The van der Waals surface area contributed by atoms with Crippen molar-refractivity contribution in [3.8, 4) is 5.75 Å². The van der Waals surface area contributed by atoms with Gasteiger partial charge in [-0.25, -0.2) is 4.98 Å². The Hall–Kier alpha value is -1.55. The lowest BCUT2D eigenvalue weighted by Gasteiger charge is -2.08. The Morgan fingerprint density at radius 3 is 2.82 bits per heavy atom. The van der Waals surface area contributed by atoms with Crippen LogP contribution in [0.5, 0.6) is 5.75 Å². The van der Waals surface area contributed by atoms with Crippen molar-refractivity contribution in [1.29, 1.82) is 0 Å². The Balaban J connectivity index is 2.10. The fraction of sp³-hybridized carbons (Fsp3) is 0.308. The van der Waals surface area contributed by atoms with Gasteiger partial charge in [0.2, 0.25) is 0 Å². The molecule has 0 spiro atoms. The van der Waals surface area contributed by atoms with E-state index in [0.29, 0.717) is 5.13 Å². The van der Waals surface area contributed by atoms with Gasteiger partial charge in [0.05, 0.1) is 12.8 Å². The molecule has 90 valence electrons. The maximum Gasteiger partial charge on any atom is 0.180 e. The van der Waals surface area contributed by atoms with Gasteiger partial charge in [-0.05, 0) is 31.4 Å². The summed E-state index contributed by atoms with van der Waals surface area (Å²) in [5.41, 5.74) is 9.13. The van der Waals surface area contributed by atoms with Gasteiger partial charge in [-0.15, -0.1) is 11.3 Å². The van der Waals surface area contributed by atoms with E-state index in [1.165, 1.54) is 22.5 Å². The van der Waals surface area contributed by atoms with Gasteiger partial charge in [-0.3, -0.25) is 0 Å². The number of methoxy groups -OCH3 is 1. The zero-order chi connectivity index (χ0) is 12.3. The second-order valence-corrected chi connectivity index (χ2v) is 4.88. The molecule has 2 rings (SSSR count). The van der Waals surface area contributed by atoms with Gasteiger partial charge >= 0.3 is 0 Å². The van der Waals surface area contributed by atoms with Crippen LogP contribution < -0.4 is 10.5 Å². The molecule has 2 N–H and O–H groups in total. The second-order valence-electron chi connectivity index (χ2n) is 3.99. The number of thiazole rings is 1. The molecule has 0 unspecified atom stereocenters. The van der Waals surface area contributed by atoms with E-state index in [2.05, 4.69) is 24.0 Å². The first-order valence-corrected chi connectivity index (χ1v) is 6.40. The number of nitrogens with zero attached hydrogens (tertiary/aromatic N) is 1. The first-order chi connectivity index (χ1) is 8.19. The highest BCUT2D eigenvalue weighted by Gasteiger charge is 2.05. The predicted octanol–water partition coefficient (Wildman–Crippen LogP) is 2.83. The Morgan fingerprint density at radius 2 is 2.18 bits per heavy atom. The number of hydrogen-bond acceptors (Lipinski definition) is 4. The Bertz CT molecular complexity index is 508. The normalized spacial score (nSPS) is 10.5. The van der Waals surface area contributed by atoms with Crippen LogP contribution in [0.2, 0.25) is 0 Å². The van der Waals surface area contributed by atoms with Crippen LogP contribution >= 0.6 is 11.3 Å². The number of nitrogen functional groups attached to an aromatic ring is 1. The van der Waals surface area contributed by atoms with Crippen LogP contribution in [0.4, 0.5) is 5.13 Å². The molecule has 0 aliphatic carbocycles. The van der Waals surface area contributed by atoms with Crippen molar-refractivity contribution in [2.24, 2.45) is 0 Å². The largest absolute Gasteiger partial charge is 0.496 e. The summed E-state index contributed by atoms with van der Waals surface area (Å²) in [6.45, 7) is 2.09. The lowest BCUT2D eigenvalue weighted by molar-refractivity contribution is 0.409. The van der Waals surface area contributed by atoms with Crippen LogP contribution in [0.3, 0.4) is 0 Å². The molecule has 4 heteroatoms. The highest BCUT2D eigenvalue weighted by molar-refractivity contribution is 7.13. The SMILES string of the molecule is COc1ccc(C)cc1CCc1csc(N)n1. The highest BCUT2D eigenvalue weighted by atomic mass is 32.1. The summed E-state index contributed by atoms with van der Waals surface area (Å²) >= 11 is 1.49. The van der Waals surface area contributed by atoms with Crippen molar-refractivity contribution >= 4 is 16.5 Å². The second kappa shape index (κ2) is 5.19. The monoisotopic (exact) mass is 248 g/mol.